The van der Waals surface area contributed by atoms with E-state index in [4.69, 9.17) is 5.26 Å². The van der Waals surface area contributed by atoms with E-state index in [9.17, 15) is 8.42 Å². The second-order valence-electron chi connectivity index (χ2n) is 5.94. The molecule has 0 atom stereocenters. The molecule has 0 unspecified atom stereocenters. The SMILES string of the molecule is Cc1nc(NCCNS(=O)(=O)c2ccccc2C#N)cc(-n2ccnc2C)n1. The van der Waals surface area contributed by atoms with Gasteiger partial charge >= 0.3 is 0 Å². The summed E-state index contributed by atoms with van der Waals surface area (Å²) in [5, 5.41) is 12.2. The molecule has 0 saturated carbocycles. The van der Waals surface area contributed by atoms with Gasteiger partial charge in [0, 0.05) is 31.5 Å². The summed E-state index contributed by atoms with van der Waals surface area (Å²) in [7, 11) is -3.77. The zero-order chi connectivity index (χ0) is 20.1. The van der Waals surface area contributed by atoms with Crippen LogP contribution in [0.2, 0.25) is 0 Å². The van der Waals surface area contributed by atoms with E-state index in [-0.39, 0.29) is 17.0 Å². The van der Waals surface area contributed by atoms with E-state index in [1.54, 1.807) is 31.3 Å². The van der Waals surface area contributed by atoms with Crippen LogP contribution >= 0.6 is 0 Å². The highest BCUT2D eigenvalue weighted by atomic mass is 32.2. The van der Waals surface area contributed by atoms with Crippen molar-refractivity contribution in [3.8, 4) is 11.9 Å². The van der Waals surface area contributed by atoms with E-state index in [1.807, 2.05) is 23.8 Å². The van der Waals surface area contributed by atoms with Gasteiger partial charge in [-0.15, -0.1) is 0 Å². The first-order chi connectivity index (χ1) is 13.4. The van der Waals surface area contributed by atoms with Gasteiger partial charge in [0.15, 0.2) is 0 Å². The quantitative estimate of drug-likeness (QED) is 0.579. The molecule has 0 saturated heterocycles. The molecule has 0 fully saturated rings. The van der Waals surface area contributed by atoms with Crippen LogP contribution in [0.3, 0.4) is 0 Å². The second kappa shape index (κ2) is 8.16. The summed E-state index contributed by atoms with van der Waals surface area (Å²) in [5.41, 5.74) is 0.106. The van der Waals surface area contributed by atoms with Gasteiger partial charge in [-0.2, -0.15) is 5.26 Å². The van der Waals surface area contributed by atoms with Crippen LogP contribution in [-0.2, 0) is 10.0 Å². The molecular weight excluding hydrogens is 378 g/mol. The van der Waals surface area contributed by atoms with Crippen LogP contribution in [0.25, 0.3) is 5.82 Å². The van der Waals surface area contributed by atoms with Crippen molar-refractivity contribution < 1.29 is 8.42 Å². The van der Waals surface area contributed by atoms with E-state index < -0.39 is 10.0 Å². The number of hydrogen-bond acceptors (Lipinski definition) is 7. The van der Waals surface area contributed by atoms with Crippen LogP contribution in [0.1, 0.15) is 17.2 Å². The third-order valence-corrected chi connectivity index (χ3v) is 5.44. The first-order valence-corrected chi connectivity index (χ1v) is 9.98. The Labute approximate surface area is 163 Å². The highest BCUT2D eigenvalue weighted by Crippen LogP contribution is 2.14. The molecule has 0 amide bonds. The predicted molar refractivity (Wildman–Crippen MR) is 103 cm³/mol. The number of aryl methyl sites for hydroxylation is 2. The Kier molecular flexibility index (Phi) is 5.67. The molecule has 0 aliphatic carbocycles. The minimum atomic E-state index is -3.77. The molecule has 28 heavy (non-hydrogen) atoms. The van der Waals surface area contributed by atoms with Gasteiger partial charge < -0.3 is 5.32 Å². The van der Waals surface area contributed by atoms with Gasteiger partial charge in [-0.1, -0.05) is 12.1 Å². The average Bonchev–Trinajstić information content (AvgIpc) is 3.11. The number of benzene rings is 1. The lowest BCUT2D eigenvalue weighted by Gasteiger charge is -2.11. The van der Waals surface area contributed by atoms with Crippen molar-refractivity contribution in [3.63, 3.8) is 0 Å². The topological polar surface area (TPSA) is 126 Å². The molecular formula is C18H19N7O2S. The van der Waals surface area contributed by atoms with Gasteiger partial charge in [0.25, 0.3) is 0 Å². The van der Waals surface area contributed by atoms with Gasteiger partial charge in [0.1, 0.15) is 29.4 Å². The van der Waals surface area contributed by atoms with E-state index >= 15 is 0 Å². The van der Waals surface area contributed by atoms with Crippen molar-refractivity contribution in [1.82, 2.24) is 24.2 Å². The lowest BCUT2D eigenvalue weighted by atomic mass is 10.2. The van der Waals surface area contributed by atoms with Crippen molar-refractivity contribution in [2.75, 3.05) is 18.4 Å². The highest BCUT2D eigenvalue weighted by Gasteiger charge is 2.17. The number of nitriles is 1. The molecule has 2 N–H and O–H groups in total. The Morgan fingerprint density at radius 2 is 1.96 bits per heavy atom. The van der Waals surface area contributed by atoms with Crippen LogP contribution in [0.15, 0.2) is 47.6 Å². The smallest absolute Gasteiger partial charge is 0.241 e. The number of sulfonamides is 1. The van der Waals surface area contributed by atoms with Gasteiger partial charge in [0.2, 0.25) is 10.0 Å². The van der Waals surface area contributed by atoms with E-state index in [2.05, 4.69) is 25.0 Å². The molecule has 2 heterocycles. The van der Waals surface area contributed by atoms with Gasteiger partial charge in [-0.25, -0.2) is 28.1 Å². The minimum Gasteiger partial charge on any atom is -0.369 e. The summed E-state index contributed by atoms with van der Waals surface area (Å²) in [6, 6.07) is 9.73. The molecule has 9 nitrogen and oxygen atoms in total. The molecule has 0 aliphatic heterocycles. The number of anilines is 1. The number of nitrogens with one attached hydrogen (secondary N) is 2. The van der Waals surface area contributed by atoms with Crippen molar-refractivity contribution in [3.05, 3.63) is 59.9 Å². The Bertz CT molecular complexity index is 1130. The van der Waals surface area contributed by atoms with Gasteiger partial charge in [0.05, 0.1) is 10.5 Å². The minimum absolute atomic E-state index is 0.0340. The van der Waals surface area contributed by atoms with Crippen molar-refractivity contribution >= 4 is 15.8 Å². The largest absolute Gasteiger partial charge is 0.369 e. The standard InChI is InChI=1S/C18H19N7O2S/c1-13-23-17(11-18(24-13)25-10-9-20-14(25)2)21-7-8-22-28(26,27)16-6-4-3-5-15(16)12-19/h3-6,9-11,22H,7-8H2,1-2H3,(H,21,23,24). The van der Waals surface area contributed by atoms with Gasteiger partial charge in [-0.3, -0.25) is 4.57 Å². The maximum Gasteiger partial charge on any atom is 0.241 e. The molecule has 0 aliphatic rings. The number of rotatable bonds is 7. The Balaban J connectivity index is 1.65. The maximum absolute atomic E-state index is 12.4. The summed E-state index contributed by atoms with van der Waals surface area (Å²) < 4.78 is 29.1. The first-order valence-electron chi connectivity index (χ1n) is 8.49. The third kappa shape index (κ3) is 4.33. The predicted octanol–water partition coefficient (Wildman–Crippen LogP) is 1.54. The van der Waals surface area contributed by atoms with Crippen LogP contribution < -0.4 is 10.0 Å². The average molecular weight is 397 g/mol. The summed E-state index contributed by atoms with van der Waals surface area (Å²) in [5.74, 6) is 2.63. The number of imidazole rings is 1. The monoisotopic (exact) mass is 397 g/mol. The van der Waals surface area contributed by atoms with Crippen molar-refractivity contribution in [2.45, 2.75) is 18.7 Å². The summed E-state index contributed by atoms with van der Waals surface area (Å²) in [6.45, 7) is 4.10. The van der Waals surface area contributed by atoms with E-state index in [0.717, 1.165) is 5.82 Å². The number of aromatic nitrogens is 4. The molecule has 0 bridgehead atoms. The molecule has 0 spiro atoms. The zero-order valence-electron chi connectivity index (χ0n) is 15.4. The summed E-state index contributed by atoms with van der Waals surface area (Å²) in [4.78, 5) is 12.9. The molecule has 0 radical (unpaired) electrons. The van der Waals surface area contributed by atoms with Crippen molar-refractivity contribution in [1.29, 1.82) is 5.26 Å². The molecule has 144 valence electrons. The fourth-order valence-electron chi connectivity index (χ4n) is 2.63. The summed E-state index contributed by atoms with van der Waals surface area (Å²) in [6.07, 6.45) is 3.50. The zero-order valence-corrected chi connectivity index (χ0v) is 16.2. The Hall–Kier alpha value is -3.29. The van der Waals surface area contributed by atoms with Crippen molar-refractivity contribution in [2.24, 2.45) is 0 Å². The van der Waals surface area contributed by atoms with E-state index in [1.165, 1.54) is 12.1 Å². The third-order valence-electron chi connectivity index (χ3n) is 3.92. The molecule has 3 rings (SSSR count). The number of nitrogens with zero attached hydrogens (tertiary/aromatic N) is 5. The first kappa shape index (κ1) is 19.5. The molecule has 3 aromatic rings. The number of hydrogen-bond donors (Lipinski definition) is 2. The Morgan fingerprint density at radius 3 is 2.68 bits per heavy atom. The van der Waals surface area contributed by atoms with Crippen LogP contribution in [-0.4, -0.2) is 41.0 Å². The summed E-state index contributed by atoms with van der Waals surface area (Å²) >= 11 is 0. The Morgan fingerprint density at radius 1 is 1.18 bits per heavy atom. The van der Waals surface area contributed by atoms with Crippen LogP contribution in [0, 0.1) is 25.2 Å². The molecule has 2 aromatic heterocycles. The van der Waals surface area contributed by atoms with Gasteiger partial charge in [-0.05, 0) is 26.0 Å². The molecule has 10 heteroatoms. The van der Waals surface area contributed by atoms with Crippen LogP contribution in [0.5, 0.6) is 0 Å². The lowest BCUT2D eigenvalue weighted by Crippen LogP contribution is -2.29. The fraction of sp³-hybridized carbons (Fsp3) is 0.222. The second-order valence-corrected chi connectivity index (χ2v) is 7.67. The maximum atomic E-state index is 12.4. The van der Waals surface area contributed by atoms with Crippen LogP contribution in [0.4, 0.5) is 5.82 Å². The normalized spacial score (nSPS) is 11.2. The highest BCUT2D eigenvalue weighted by molar-refractivity contribution is 7.89. The lowest BCUT2D eigenvalue weighted by molar-refractivity contribution is 0.582. The fourth-order valence-corrected chi connectivity index (χ4v) is 3.82. The van der Waals surface area contributed by atoms with E-state index in [0.29, 0.717) is 24.0 Å². The molecule has 1 aromatic carbocycles.